The lowest BCUT2D eigenvalue weighted by molar-refractivity contribution is -0.127. The number of hydrogen-bond donors (Lipinski definition) is 0. The molecule has 3 rings (SSSR count). The fourth-order valence-corrected chi connectivity index (χ4v) is 4.43. The van der Waals surface area contributed by atoms with Crippen molar-refractivity contribution >= 4 is 17.4 Å². The molecule has 178 valence electrons. The van der Waals surface area contributed by atoms with Crippen LogP contribution in [0.2, 0.25) is 0 Å². The summed E-state index contributed by atoms with van der Waals surface area (Å²) < 4.78 is 0. The summed E-state index contributed by atoms with van der Waals surface area (Å²) in [6, 6.07) is 3.91. The molecule has 6 heteroatoms. The van der Waals surface area contributed by atoms with Crippen LogP contribution in [0.1, 0.15) is 64.7 Å². The predicted molar refractivity (Wildman–Crippen MR) is 130 cm³/mol. The Morgan fingerprint density at radius 2 is 1.50 bits per heavy atom. The van der Waals surface area contributed by atoms with Gasteiger partial charge in [-0.3, -0.25) is 19.4 Å². The van der Waals surface area contributed by atoms with Crippen LogP contribution < -0.4 is 4.90 Å². The van der Waals surface area contributed by atoms with Gasteiger partial charge in [0.05, 0.1) is 6.54 Å². The van der Waals surface area contributed by atoms with Crippen molar-refractivity contribution in [1.82, 2.24) is 14.8 Å². The lowest BCUT2D eigenvalue weighted by atomic mass is 9.87. The maximum absolute atomic E-state index is 12.4. The number of piperazine rings is 1. The molecule has 3 heterocycles. The molecule has 0 N–H and O–H groups in total. The van der Waals surface area contributed by atoms with Crippen LogP contribution in [-0.4, -0.2) is 78.7 Å². The third-order valence-corrected chi connectivity index (χ3v) is 6.81. The van der Waals surface area contributed by atoms with Gasteiger partial charge in [0.1, 0.15) is 5.82 Å². The number of likely N-dealkylation sites (tertiary alicyclic amines) is 1. The molecular weight excluding hydrogens is 400 g/mol. The number of ketones is 2. The number of Topliss-reactive ketones (excluding diaryl/α,β-unsaturated/α-hetero) is 2. The SMILES string of the molecule is CC(C)(C)C(=O)CN1CCC(CN2CCN(c3ccc(C(=O)C(C)(C)C)cn3)CC2)CC1. The second-order valence-corrected chi connectivity index (χ2v) is 11.7. The van der Waals surface area contributed by atoms with E-state index in [1.54, 1.807) is 6.20 Å². The number of hydrogen-bond acceptors (Lipinski definition) is 6. The Hall–Kier alpha value is -1.79. The number of nitrogens with zero attached hydrogens (tertiary/aromatic N) is 4. The molecule has 0 aromatic carbocycles. The van der Waals surface area contributed by atoms with Gasteiger partial charge in [-0.1, -0.05) is 41.5 Å². The molecule has 1 aromatic rings. The van der Waals surface area contributed by atoms with E-state index in [9.17, 15) is 9.59 Å². The van der Waals surface area contributed by atoms with Crippen LogP contribution in [0, 0.1) is 16.7 Å². The fourth-order valence-electron chi connectivity index (χ4n) is 4.43. The van der Waals surface area contributed by atoms with Gasteiger partial charge in [-0.25, -0.2) is 4.98 Å². The van der Waals surface area contributed by atoms with E-state index in [-0.39, 0.29) is 16.6 Å². The van der Waals surface area contributed by atoms with Crippen LogP contribution in [0.15, 0.2) is 18.3 Å². The lowest BCUT2D eigenvalue weighted by Gasteiger charge is -2.39. The first-order valence-corrected chi connectivity index (χ1v) is 12.2. The summed E-state index contributed by atoms with van der Waals surface area (Å²) >= 11 is 0. The molecule has 2 aliphatic heterocycles. The highest BCUT2D eigenvalue weighted by Gasteiger charge is 2.28. The van der Waals surface area contributed by atoms with Crippen molar-refractivity contribution in [3.63, 3.8) is 0 Å². The number of aromatic nitrogens is 1. The second-order valence-electron chi connectivity index (χ2n) is 11.7. The Morgan fingerprint density at radius 1 is 0.875 bits per heavy atom. The normalized spacial score (nSPS) is 19.9. The first-order valence-electron chi connectivity index (χ1n) is 12.2. The highest BCUT2D eigenvalue weighted by atomic mass is 16.1. The van der Waals surface area contributed by atoms with Gasteiger partial charge in [-0.2, -0.15) is 0 Å². The Balaban J connectivity index is 1.41. The van der Waals surface area contributed by atoms with E-state index < -0.39 is 0 Å². The molecule has 0 radical (unpaired) electrons. The zero-order valence-corrected chi connectivity index (χ0v) is 21.0. The largest absolute Gasteiger partial charge is 0.354 e. The van der Waals surface area contributed by atoms with Crippen LogP contribution in [-0.2, 0) is 4.79 Å². The van der Waals surface area contributed by atoms with Crippen molar-refractivity contribution < 1.29 is 9.59 Å². The summed E-state index contributed by atoms with van der Waals surface area (Å²) in [7, 11) is 0. The van der Waals surface area contributed by atoms with Gasteiger partial charge in [0, 0.05) is 55.3 Å². The maximum Gasteiger partial charge on any atom is 0.169 e. The minimum Gasteiger partial charge on any atom is -0.354 e. The van der Waals surface area contributed by atoms with Crippen LogP contribution in [0.4, 0.5) is 5.82 Å². The number of anilines is 1. The number of piperidine rings is 1. The van der Waals surface area contributed by atoms with Gasteiger partial charge in [0.15, 0.2) is 11.6 Å². The molecule has 0 saturated carbocycles. The molecule has 0 unspecified atom stereocenters. The quantitative estimate of drug-likeness (QED) is 0.625. The summed E-state index contributed by atoms with van der Waals surface area (Å²) in [6.45, 7) is 19.7. The standard InChI is InChI=1S/C26H42N4O2/c1-25(2,3)22(31)19-28-11-9-20(10-12-28)18-29-13-15-30(16-14-29)23-8-7-21(17-27-23)24(32)26(4,5)6/h7-8,17,20H,9-16,18-19H2,1-6H3. The van der Waals surface area contributed by atoms with E-state index in [2.05, 4.69) is 19.7 Å². The van der Waals surface area contributed by atoms with E-state index in [0.29, 0.717) is 17.9 Å². The average molecular weight is 443 g/mol. The smallest absolute Gasteiger partial charge is 0.169 e. The molecule has 0 aliphatic carbocycles. The van der Waals surface area contributed by atoms with E-state index in [0.717, 1.165) is 57.5 Å². The van der Waals surface area contributed by atoms with Gasteiger partial charge >= 0.3 is 0 Å². The van der Waals surface area contributed by atoms with Gasteiger partial charge in [0.25, 0.3) is 0 Å². The Bertz CT molecular complexity index is 776. The van der Waals surface area contributed by atoms with E-state index in [4.69, 9.17) is 0 Å². The third kappa shape index (κ3) is 6.61. The summed E-state index contributed by atoms with van der Waals surface area (Å²) in [5.41, 5.74) is 0.0661. The van der Waals surface area contributed by atoms with Gasteiger partial charge in [0.2, 0.25) is 0 Å². The van der Waals surface area contributed by atoms with Crippen molar-refractivity contribution in [3.05, 3.63) is 23.9 Å². The van der Waals surface area contributed by atoms with E-state index in [1.807, 2.05) is 53.7 Å². The van der Waals surface area contributed by atoms with Crippen molar-refractivity contribution in [2.45, 2.75) is 54.4 Å². The zero-order chi connectivity index (χ0) is 23.5. The summed E-state index contributed by atoms with van der Waals surface area (Å²) in [5.74, 6) is 2.17. The first-order chi connectivity index (χ1) is 14.9. The second kappa shape index (κ2) is 10.0. The van der Waals surface area contributed by atoms with E-state index >= 15 is 0 Å². The van der Waals surface area contributed by atoms with Gasteiger partial charge in [-0.15, -0.1) is 0 Å². The van der Waals surface area contributed by atoms with Crippen molar-refractivity contribution in [2.75, 3.05) is 57.3 Å². The molecule has 0 amide bonds. The minimum absolute atomic E-state index is 0.134. The Morgan fingerprint density at radius 3 is 2.00 bits per heavy atom. The number of pyridine rings is 1. The third-order valence-electron chi connectivity index (χ3n) is 6.81. The molecule has 0 bridgehead atoms. The Labute approximate surface area is 194 Å². The molecule has 0 atom stereocenters. The van der Waals surface area contributed by atoms with Gasteiger partial charge < -0.3 is 4.90 Å². The topological polar surface area (TPSA) is 56.8 Å². The highest BCUT2D eigenvalue weighted by Crippen LogP contribution is 2.24. The fraction of sp³-hybridized carbons (Fsp3) is 0.731. The average Bonchev–Trinajstić information content (AvgIpc) is 2.74. The predicted octanol–water partition coefficient (Wildman–Crippen LogP) is 3.76. The number of rotatable bonds is 6. The molecule has 2 fully saturated rings. The van der Waals surface area contributed by atoms with Crippen LogP contribution in [0.5, 0.6) is 0 Å². The first kappa shape index (κ1) is 24.8. The molecule has 32 heavy (non-hydrogen) atoms. The summed E-state index contributed by atoms with van der Waals surface area (Å²) in [5, 5.41) is 0. The van der Waals surface area contributed by atoms with Crippen molar-refractivity contribution in [3.8, 4) is 0 Å². The minimum atomic E-state index is -0.382. The highest BCUT2D eigenvalue weighted by molar-refractivity contribution is 5.99. The van der Waals surface area contributed by atoms with Crippen molar-refractivity contribution in [1.29, 1.82) is 0 Å². The Kier molecular flexibility index (Phi) is 7.77. The molecule has 1 aromatic heterocycles. The van der Waals surface area contributed by atoms with Gasteiger partial charge in [-0.05, 0) is 44.0 Å². The summed E-state index contributed by atoms with van der Waals surface area (Å²) in [6.07, 6.45) is 4.10. The van der Waals surface area contributed by atoms with Crippen LogP contribution >= 0.6 is 0 Å². The molecule has 0 spiro atoms. The van der Waals surface area contributed by atoms with Crippen LogP contribution in [0.3, 0.4) is 0 Å². The maximum atomic E-state index is 12.4. The zero-order valence-electron chi connectivity index (χ0n) is 21.0. The van der Waals surface area contributed by atoms with Crippen molar-refractivity contribution in [2.24, 2.45) is 16.7 Å². The monoisotopic (exact) mass is 442 g/mol. The van der Waals surface area contributed by atoms with Crippen LogP contribution in [0.25, 0.3) is 0 Å². The molecule has 6 nitrogen and oxygen atoms in total. The molecular formula is C26H42N4O2. The van der Waals surface area contributed by atoms with E-state index in [1.165, 1.54) is 12.8 Å². The molecule has 2 saturated heterocycles. The molecule has 2 aliphatic rings. The lowest BCUT2D eigenvalue weighted by Crippen LogP contribution is -2.49. The summed E-state index contributed by atoms with van der Waals surface area (Å²) in [4.78, 5) is 36.5. The number of carbonyl (C=O) groups excluding carboxylic acids is 2. The number of carbonyl (C=O) groups is 2.